The Labute approximate surface area is 129 Å². The van der Waals surface area contributed by atoms with Crippen LogP contribution in [0.25, 0.3) is 0 Å². The molecule has 2 N–H and O–H groups in total. The van der Waals surface area contributed by atoms with E-state index in [0.29, 0.717) is 5.92 Å². The van der Waals surface area contributed by atoms with Crippen molar-refractivity contribution in [3.8, 4) is 5.75 Å². The lowest BCUT2D eigenvalue weighted by Crippen LogP contribution is -2.28. The van der Waals surface area contributed by atoms with Gasteiger partial charge in [-0.15, -0.1) is 11.3 Å². The Bertz CT molecular complexity index is 565. The fourth-order valence-electron chi connectivity index (χ4n) is 2.00. The van der Waals surface area contributed by atoms with Crippen LogP contribution >= 0.6 is 22.9 Å². The van der Waals surface area contributed by atoms with Crippen LogP contribution in [0.15, 0.2) is 36.4 Å². The minimum atomic E-state index is -0.171. The third-order valence-corrected chi connectivity index (χ3v) is 4.43. The standard InChI is InChI=1S/C16H20ClNOS/c1-10(2)12-5-4-6-13(9-12)19-16(11(3)18)14-7-8-15(17)20-14/h4-11,16H,18H2,1-3H3. The Morgan fingerprint density at radius 2 is 1.90 bits per heavy atom. The number of ether oxygens (including phenoxy) is 1. The van der Waals surface area contributed by atoms with Gasteiger partial charge >= 0.3 is 0 Å². The molecule has 2 atom stereocenters. The average molecular weight is 310 g/mol. The first-order chi connectivity index (χ1) is 9.47. The van der Waals surface area contributed by atoms with Gasteiger partial charge in [-0.2, -0.15) is 0 Å². The summed E-state index contributed by atoms with van der Waals surface area (Å²) in [6.45, 7) is 6.28. The van der Waals surface area contributed by atoms with Gasteiger partial charge < -0.3 is 10.5 Å². The molecule has 0 spiro atoms. The predicted octanol–water partition coefficient (Wildman–Crippen LogP) is 4.99. The van der Waals surface area contributed by atoms with E-state index in [0.717, 1.165) is 15.0 Å². The highest BCUT2D eigenvalue weighted by atomic mass is 35.5. The van der Waals surface area contributed by atoms with Crippen molar-refractivity contribution in [1.29, 1.82) is 0 Å². The summed E-state index contributed by atoms with van der Waals surface area (Å²) in [6, 6.07) is 11.9. The first kappa shape index (κ1) is 15.4. The number of hydrogen-bond donors (Lipinski definition) is 1. The number of nitrogens with two attached hydrogens (primary N) is 1. The zero-order chi connectivity index (χ0) is 14.7. The van der Waals surface area contributed by atoms with Gasteiger partial charge in [0, 0.05) is 10.9 Å². The van der Waals surface area contributed by atoms with Crippen molar-refractivity contribution < 1.29 is 4.74 Å². The second-order valence-electron chi connectivity index (χ2n) is 5.27. The molecule has 2 aromatic rings. The van der Waals surface area contributed by atoms with E-state index in [9.17, 15) is 0 Å². The van der Waals surface area contributed by atoms with Crippen LogP contribution in [-0.4, -0.2) is 6.04 Å². The number of thiophene rings is 1. The summed E-state index contributed by atoms with van der Waals surface area (Å²) < 4.78 is 6.85. The van der Waals surface area contributed by atoms with Crippen LogP contribution in [0.5, 0.6) is 5.75 Å². The molecule has 0 aliphatic rings. The number of hydrogen-bond acceptors (Lipinski definition) is 3. The molecule has 0 aliphatic heterocycles. The smallest absolute Gasteiger partial charge is 0.148 e. The van der Waals surface area contributed by atoms with Crippen molar-refractivity contribution in [2.75, 3.05) is 0 Å². The maximum absolute atomic E-state index is 6.09. The van der Waals surface area contributed by atoms with Gasteiger partial charge in [0.05, 0.1) is 4.34 Å². The van der Waals surface area contributed by atoms with Crippen LogP contribution in [0.3, 0.4) is 0 Å². The molecular weight excluding hydrogens is 290 g/mol. The molecule has 2 rings (SSSR count). The van der Waals surface area contributed by atoms with Crippen LogP contribution in [0.1, 0.15) is 43.2 Å². The lowest BCUT2D eigenvalue weighted by atomic mass is 10.0. The molecule has 0 amide bonds. The van der Waals surface area contributed by atoms with Crippen molar-refractivity contribution in [1.82, 2.24) is 0 Å². The van der Waals surface area contributed by atoms with E-state index in [-0.39, 0.29) is 12.1 Å². The maximum Gasteiger partial charge on any atom is 0.148 e. The van der Waals surface area contributed by atoms with Gasteiger partial charge in [-0.05, 0) is 42.7 Å². The minimum absolute atomic E-state index is 0.104. The second-order valence-corrected chi connectivity index (χ2v) is 7.01. The van der Waals surface area contributed by atoms with E-state index in [1.54, 1.807) is 0 Å². The van der Waals surface area contributed by atoms with Gasteiger partial charge in [0.25, 0.3) is 0 Å². The summed E-state index contributed by atoms with van der Waals surface area (Å²) >= 11 is 7.52. The fraction of sp³-hybridized carbons (Fsp3) is 0.375. The summed E-state index contributed by atoms with van der Waals surface area (Å²) in [5.41, 5.74) is 7.32. The lowest BCUT2D eigenvalue weighted by Gasteiger charge is -2.22. The maximum atomic E-state index is 6.09. The van der Waals surface area contributed by atoms with Gasteiger partial charge in [-0.3, -0.25) is 0 Å². The van der Waals surface area contributed by atoms with Crippen LogP contribution in [0, 0.1) is 0 Å². The molecule has 0 bridgehead atoms. The first-order valence-electron chi connectivity index (χ1n) is 6.75. The number of benzene rings is 1. The monoisotopic (exact) mass is 309 g/mol. The first-order valence-corrected chi connectivity index (χ1v) is 7.94. The van der Waals surface area contributed by atoms with Crippen molar-refractivity contribution in [3.63, 3.8) is 0 Å². The van der Waals surface area contributed by atoms with E-state index in [2.05, 4.69) is 26.0 Å². The SMILES string of the molecule is CC(C)c1cccc(OC(c2ccc(Cl)s2)C(C)N)c1. The third-order valence-electron chi connectivity index (χ3n) is 3.14. The molecule has 1 heterocycles. The summed E-state index contributed by atoms with van der Waals surface area (Å²) in [6.07, 6.45) is -0.171. The van der Waals surface area contributed by atoms with E-state index < -0.39 is 0 Å². The molecule has 108 valence electrons. The zero-order valence-electron chi connectivity index (χ0n) is 12.0. The Morgan fingerprint density at radius 1 is 1.15 bits per heavy atom. The number of halogens is 1. The molecule has 1 aromatic heterocycles. The van der Waals surface area contributed by atoms with Crippen LogP contribution < -0.4 is 10.5 Å². The van der Waals surface area contributed by atoms with Crippen molar-refractivity contribution in [3.05, 3.63) is 51.2 Å². The fourth-order valence-corrected chi connectivity index (χ4v) is 3.21. The summed E-state index contributed by atoms with van der Waals surface area (Å²) in [5.74, 6) is 1.33. The minimum Gasteiger partial charge on any atom is -0.483 e. The topological polar surface area (TPSA) is 35.2 Å². The second kappa shape index (κ2) is 6.61. The molecule has 0 fully saturated rings. The van der Waals surface area contributed by atoms with Crippen LogP contribution in [0.2, 0.25) is 4.34 Å². The van der Waals surface area contributed by atoms with Crippen LogP contribution in [-0.2, 0) is 0 Å². The van der Waals surface area contributed by atoms with Gasteiger partial charge in [-0.25, -0.2) is 0 Å². The van der Waals surface area contributed by atoms with Gasteiger partial charge in [0.2, 0.25) is 0 Å². The average Bonchev–Trinajstić information content (AvgIpc) is 2.82. The Hall–Kier alpha value is -1.03. The van der Waals surface area contributed by atoms with E-state index in [1.165, 1.54) is 16.9 Å². The normalized spacial score (nSPS) is 14.3. The molecule has 20 heavy (non-hydrogen) atoms. The van der Waals surface area contributed by atoms with Crippen LogP contribution in [0.4, 0.5) is 0 Å². The molecule has 0 radical (unpaired) electrons. The Morgan fingerprint density at radius 3 is 2.45 bits per heavy atom. The van der Waals surface area contributed by atoms with Crippen molar-refractivity contribution in [2.45, 2.75) is 38.8 Å². The molecule has 4 heteroatoms. The Kier molecular flexibility index (Phi) is 5.08. The zero-order valence-corrected chi connectivity index (χ0v) is 13.5. The lowest BCUT2D eigenvalue weighted by molar-refractivity contribution is 0.184. The van der Waals surface area contributed by atoms with Crippen molar-refractivity contribution >= 4 is 22.9 Å². The largest absolute Gasteiger partial charge is 0.483 e. The van der Waals surface area contributed by atoms with Crippen molar-refractivity contribution in [2.24, 2.45) is 5.73 Å². The summed E-state index contributed by atoms with van der Waals surface area (Å²) in [5, 5.41) is 0. The highest BCUT2D eigenvalue weighted by Gasteiger charge is 2.20. The molecule has 1 aromatic carbocycles. The summed E-state index contributed by atoms with van der Waals surface area (Å²) in [7, 11) is 0. The molecule has 0 saturated heterocycles. The predicted molar refractivity (Wildman–Crippen MR) is 86.9 cm³/mol. The highest BCUT2D eigenvalue weighted by molar-refractivity contribution is 7.16. The molecule has 0 aliphatic carbocycles. The molecule has 2 nitrogen and oxygen atoms in total. The highest BCUT2D eigenvalue weighted by Crippen LogP contribution is 2.32. The molecule has 0 saturated carbocycles. The summed E-state index contributed by atoms with van der Waals surface area (Å²) in [4.78, 5) is 1.06. The molecular formula is C16H20ClNOS. The van der Waals surface area contributed by atoms with E-state index in [4.69, 9.17) is 22.1 Å². The number of rotatable bonds is 5. The Balaban J connectivity index is 2.22. The van der Waals surface area contributed by atoms with E-state index in [1.807, 2.05) is 31.2 Å². The van der Waals surface area contributed by atoms with E-state index >= 15 is 0 Å². The van der Waals surface area contributed by atoms with Gasteiger partial charge in [0.1, 0.15) is 11.9 Å². The quantitative estimate of drug-likeness (QED) is 0.844. The van der Waals surface area contributed by atoms with Gasteiger partial charge in [0.15, 0.2) is 0 Å². The molecule has 2 unspecified atom stereocenters. The third kappa shape index (κ3) is 3.75. The van der Waals surface area contributed by atoms with Gasteiger partial charge in [-0.1, -0.05) is 37.6 Å².